The first-order valence-corrected chi connectivity index (χ1v) is 6.69. The number of esters is 1. The second-order valence-electron chi connectivity index (χ2n) is 4.30. The van der Waals surface area contributed by atoms with Gasteiger partial charge in [0.25, 0.3) is 0 Å². The fraction of sp³-hybridized carbons (Fsp3) is 0.533. The van der Waals surface area contributed by atoms with Crippen LogP contribution in [0, 0.1) is 0 Å². The molecule has 5 heteroatoms. The zero-order chi connectivity index (χ0) is 14.6. The van der Waals surface area contributed by atoms with Crippen LogP contribution in [0.5, 0.6) is 0 Å². The zero-order valence-electron chi connectivity index (χ0n) is 12.1. The summed E-state index contributed by atoms with van der Waals surface area (Å²) in [4.78, 5) is 11.8. The summed E-state index contributed by atoms with van der Waals surface area (Å²) in [6.45, 7) is 2.98. The van der Waals surface area contributed by atoms with E-state index in [1.54, 1.807) is 7.11 Å². The van der Waals surface area contributed by atoms with E-state index in [0.717, 1.165) is 5.56 Å². The first-order valence-electron chi connectivity index (χ1n) is 6.69. The minimum absolute atomic E-state index is 0.232. The molecule has 0 aliphatic carbocycles. The Bertz CT molecular complexity index is 369. The molecule has 0 aliphatic rings. The molecule has 1 rings (SSSR count). The normalized spacial score (nSPS) is 12.1. The fourth-order valence-electron chi connectivity index (χ4n) is 1.80. The molecule has 0 spiro atoms. The van der Waals surface area contributed by atoms with Crippen molar-refractivity contribution in [2.75, 3.05) is 47.1 Å². The highest BCUT2D eigenvalue weighted by molar-refractivity contribution is 5.78. The van der Waals surface area contributed by atoms with Gasteiger partial charge in [-0.05, 0) is 5.56 Å². The molecule has 20 heavy (non-hydrogen) atoms. The van der Waals surface area contributed by atoms with Gasteiger partial charge in [-0.15, -0.1) is 0 Å². The molecule has 0 saturated heterocycles. The first kappa shape index (κ1) is 16.6. The molecule has 0 saturated carbocycles. The number of hydrogen-bond donors (Lipinski definition) is 1. The Morgan fingerprint density at radius 3 is 2.55 bits per heavy atom. The molecular weight excluding hydrogens is 258 g/mol. The van der Waals surface area contributed by atoms with Gasteiger partial charge in [-0.2, -0.15) is 0 Å². The van der Waals surface area contributed by atoms with E-state index in [1.165, 1.54) is 7.11 Å². The molecule has 112 valence electrons. The molecule has 0 amide bonds. The number of ether oxygens (including phenoxy) is 3. The summed E-state index contributed by atoms with van der Waals surface area (Å²) >= 11 is 0. The van der Waals surface area contributed by atoms with Crippen LogP contribution in [-0.4, -0.2) is 53.1 Å². The third-order valence-electron chi connectivity index (χ3n) is 2.89. The van der Waals surface area contributed by atoms with Crippen molar-refractivity contribution in [3.05, 3.63) is 35.9 Å². The molecule has 5 nitrogen and oxygen atoms in total. The molecule has 0 fully saturated rings. The van der Waals surface area contributed by atoms with Crippen molar-refractivity contribution < 1.29 is 19.0 Å². The van der Waals surface area contributed by atoms with Gasteiger partial charge < -0.3 is 19.5 Å². The number of rotatable bonds is 10. The van der Waals surface area contributed by atoms with E-state index in [1.807, 2.05) is 30.3 Å². The van der Waals surface area contributed by atoms with Crippen LogP contribution in [0.25, 0.3) is 0 Å². The van der Waals surface area contributed by atoms with Crippen molar-refractivity contribution in [1.82, 2.24) is 5.32 Å². The molecule has 1 aromatic carbocycles. The van der Waals surface area contributed by atoms with Crippen molar-refractivity contribution in [3.63, 3.8) is 0 Å². The van der Waals surface area contributed by atoms with Crippen molar-refractivity contribution in [3.8, 4) is 0 Å². The Morgan fingerprint density at radius 1 is 1.15 bits per heavy atom. The summed E-state index contributed by atoms with van der Waals surface area (Å²) in [6, 6.07) is 9.61. The van der Waals surface area contributed by atoms with Crippen LogP contribution < -0.4 is 5.32 Å². The lowest BCUT2D eigenvalue weighted by atomic mass is 9.99. The Kier molecular flexibility index (Phi) is 8.62. The third-order valence-corrected chi connectivity index (χ3v) is 2.89. The maximum absolute atomic E-state index is 11.8. The second-order valence-corrected chi connectivity index (χ2v) is 4.30. The van der Waals surface area contributed by atoms with E-state index in [4.69, 9.17) is 14.2 Å². The maximum atomic E-state index is 11.8. The lowest BCUT2D eigenvalue weighted by Crippen LogP contribution is -2.30. The van der Waals surface area contributed by atoms with E-state index in [0.29, 0.717) is 32.9 Å². The van der Waals surface area contributed by atoms with Gasteiger partial charge in [0.15, 0.2) is 0 Å². The monoisotopic (exact) mass is 281 g/mol. The lowest BCUT2D eigenvalue weighted by molar-refractivity contribution is -0.142. The standard InChI is InChI=1S/C15H23NO4/c1-18-10-11-20-9-8-16-12-14(15(17)19-2)13-6-4-3-5-7-13/h3-7,14,16H,8-12H2,1-2H3. The summed E-state index contributed by atoms with van der Waals surface area (Å²) in [5, 5.41) is 3.21. The predicted octanol–water partition coefficient (Wildman–Crippen LogP) is 1.20. The van der Waals surface area contributed by atoms with Gasteiger partial charge >= 0.3 is 5.97 Å². The molecule has 0 bridgehead atoms. The van der Waals surface area contributed by atoms with Crippen molar-refractivity contribution in [2.24, 2.45) is 0 Å². The molecule has 1 atom stereocenters. The topological polar surface area (TPSA) is 56.8 Å². The van der Waals surface area contributed by atoms with Gasteiger partial charge in [0.05, 0.1) is 32.8 Å². The van der Waals surface area contributed by atoms with E-state index in [9.17, 15) is 4.79 Å². The van der Waals surface area contributed by atoms with Gasteiger partial charge in [0.1, 0.15) is 0 Å². The van der Waals surface area contributed by atoms with Gasteiger partial charge in [-0.25, -0.2) is 0 Å². The first-order chi connectivity index (χ1) is 9.79. The number of carbonyl (C=O) groups is 1. The fourth-order valence-corrected chi connectivity index (χ4v) is 1.80. The maximum Gasteiger partial charge on any atom is 0.314 e. The average Bonchev–Trinajstić information content (AvgIpc) is 2.50. The summed E-state index contributed by atoms with van der Waals surface area (Å²) in [5.74, 6) is -0.524. The van der Waals surface area contributed by atoms with Crippen molar-refractivity contribution >= 4 is 5.97 Å². The van der Waals surface area contributed by atoms with Gasteiger partial charge in [0.2, 0.25) is 0 Å². The van der Waals surface area contributed by atoms with Crippen LogP contribution in [0.2, 0.25) is 0 Å². The predicted molar refractivity (Wildman–Crippen MR) is 76.8 cm³/mol. The molecule has 1 N–H and O–H groups in total. The summed E-state index contributed by atoms with van der Waals surface area (Å²) in [6.07, 6.45) is 0. The molecular formula is C15H23NO4. The quantitative estimate of drug-likeness (QED) is 0.516. The minimum atomic E-state index is -0.292. The summed E-state index contributed by atoms with van der Waals surface area (Å²) in [5.41, 5.74) is 0.951. The van der Waals surface area contributed by atoms with E-state index in [2.05, 4.69) is 5.32 Å². The highest BCUT2D eigenvalue weighted by Crippen LogP contribution is 2.15. The molecule has 0 radical (unpaired) electrons. The molecule has 0 aromatic heterocycles. The van der Waals surface area contributed by atoms with Gasteiger partial charge in [-0.1, -0.05) is 30.3 Å². The van der Waals surface area contributed by atoms with E-state index >= 15 is 0 Å². The summed E-state index contributed by atoms with van der Waals surface area (Å²) < 4.78 is 15.1. The number of methoxy groups -OCH3 is 2. The zero-order valence-corrected chi connectivity index (χ0v) is 12.1. The lowest BCUT2D eigenvalue weighted by Gasteiger charge is -2.15. The van der Waals surface area contributed by atoms with E-state index in [-0.39, 0.29) is 11.9 Å². The average molecular weight is 281 g/mol. The number of carbonyl (C=O) groups excluding carboxylic acids is 1. The van der Waals surface area contributed by atoms with Crippen molar-refractivity contribution in [1.29, 1.82) is 0 Å². The molecule has 0 aliphatic heterocycles. The van der Waals surface area contributed by atoms with E-state index < -0.39 is 0 Å². The third kappa shape index (κ3) is 6.14. The smallest absolute Gasteiger partial charge is 0.314 e. The SMILES string of the molecule is COCCOCCNCC(C(=O)OC)c1ccccc1. The van der Waals surface area contributed by atoms with Crippen molar-refractivity contribution in [2.45, 2.75) is 5.92 Å². The molecule has 0 heterocycles. The van der Waals surface area contributed by atoms with Crippen LogP contribution in [0.15, 0.2) is 30.3 Å². The Labute approximate surface area is 120 Å². The van der Waals surface area contributed by atoms with Crippen LogP contribution in [0.4, 0.5) is 0 Å². The molecule has 1 unspecified atom stereocenters. The number of benzene rings is 1. The Hall–Kier alpha value is -1.43. The highest BCUT2D eigenvalue weighted by atomic mass is 16.5. The minimum Gasteiger partial charge on any atom is -0.469 e. The van der Waals surface area contributed by atoms with Crippen LogP contribution in [-0.2, 0) is 19.0 Å². The largest absolute Gasteiger partial charge is 0.469 e. The van der Waals surface area contributed by atoms with Gasteiger partial charge in [0, 0.05) is 20.2 Å². The van der Waals surface area contributed by atoms with Gasteiger partial charge in [-0.3, -0.25) is 4.79 Å². The number of hydrogen-bond acceptors (Lipinski definition) is 5. The molecule has 1 aromatic rings. The van der Waals surface area contributed by atoms with Crippen LogP contribution in [0.1, 0.15) is 11.5 Å². The summed E-state index contributed by atoms with van der Waals surface area (Å²) in [7, 11) is 3.05. The number of nitrogens with one attached hydrogen (secondary N) is 1. The van der Waals surface area contributed by atoms with Crippen LogP contribution >= 0.6 is 0 Å². The Balaban J connectivity index is 2.34. The highest BCUT2D eigenvalue weighted by Gasteiger charge is 2.20. The second kappa shape index (κ2) is 10.4. The van der Waals surface area contributed by atoms with Crippen LogP contribution in [0.3, 0.4) is 0 Å². The Morgan fingerprint density at radius 2 is 1.90 bits per heavy atom.